The van der Waals surface area contributed by atoms with Crippen LogP contribution in [0.5, 0.6) is 5.75 Å². The van der Waals surface area contributed by atoms with Crippen LogP contribution in [0.25, 0.3) is 0 Å². The van der Waals surface area contributed by atoms with Gasteiger partial charge in [0.1, 0.15) is 30.4 Å². The Labute approximate surface area is 160 Å². The maximum Gasteiger partial charge on any atom is 0.323 e. The van der Waals surface area contributed by atoms with Crippen LogP contribution in [0.3, 0.4) is 0 Å². The molecule has 1 aromatic heterocycles. The van der Waals surface area contributed by atoms with E-state index in [1.165, 1.54) is 4.90 Å². The minimum atomic E-state index is -1.04. The van der Waals surface area contributed by atoms with Crippen molar-refractivity contribution >= 4 is 27.8 Å². The van der Waals surface area contributed by atoms with Crippen LogP contribution in [0.1, 0.15) is 42.1 Å². The largest absolute Gasteiger partial charge is 0.486 e. The Morgan fingerprint density at radius 2 is 2.12 bits per heavy atom. The minimum absolute atomic E-state index is 0.177. The molecule has 0 radical (unpaired) electrons. The molecule has 1 aromatic carbocycles. The van der Waals surface area contributed by atoms with Crippen molar-refractivity contribution in [3.8, 4) is 5.75 Å². The van der Waals surface area contributed by atoms with E-state index in [9.17, 15) is 9.59 Å². The SMILES string of the molecule is CCC(C)N(CC(=O)O)C(=O)c1ccc(OCc2cc(C)on2)c(Br)c1. The molecule has 140 valence electrons. The van der Waals surface area contributed by atoms with Crippen LogP contribution in [0.15, 0.2) is 33.3 Å². The molecule has 26 heavy (non-hydrogen) atoms. The highest BCUT2D eigenvalue weighted by molar-refractivity contribution is 9.10. The Hall–Kier alpha value is -2.35. The summed E-state index contributed by atoms with van der Waals surface area (Å²) in [7, 11) is 0. The quantitative estimate of drug-likeness (QED) is 0.694. The van der Waals surface area contributed by atoms with Gasteiger partial charge in [0.2, 0.25) is 0 Å². The topological polar surface area (TPSA) is 92.9 Å². The van der Waals surface area contributed by atoms with Gasteiger partial charge in [-0.1, -0.05) is 12.1 Å². The van der Waals surface area contributed by atoms with Gasteiger partial charge in [0.15, 0.2) is 0 Å². The zero-order valence-electron chi connectivity index (χ0n) is 14.9. The maximum atomic E-state index is 12.7. The maximum absolute atomic E-state index is 12.7. The van der Waals surface area contributed by atoms with Crippen molar-refractivity contribution in [2.45, 2.75) is 39.8 Å². The summed E-state index contributed by atoms with van der Waals surface area (Å²) in [6.07, 6.45) is 0.665. The summed E-state index contributed by atoms with van der Waals surface area (Å²) < 4.78 is 11.3. The van der Waals surface area contributed by atoms with Crippen LogP contribution >= 0.6 is 15.9 Å². The Morgan fingerprint density at radius 1 is 1.38 bits per heavy atom. The van der Waals surface area contributed by atoms with E-state index in [-0.39, 0.29) is 25.1 Å². The van der Waals surface area contributed by atoms with E-state index < -0.39 is 5.97 Å². The number of benzene rings is 1. The first-order chi connectivity index (χ1) is 12.3. The second-order valence-corrected chi connectivity index (χ2v) is 6.80. The summed E-state index contributed by atoms with van der Waals surface area (Å²) in [6.45, 7) is 5.43. The fraction of sp³-hybridized carbons (Fsp3) is 0.389. The molecule has 7 nitrogen and oxygen atoms in total. The number of nitrogens with zero attached hydrogens (tertiary/aromatic N) is 2. The Kier molecular flexibility index (Phi) is 6.79. The molecule has 0 aliphatic carbocycles. The van der Waals surface area contributed by atoms with Crippen molar-refractivity contribution in [2.24, 2.45) is 0 Å². The summed E-state index contributed by atoms with van der Waals surface area (Å²) in [6, 6.07) is 6.52. The number of aromatic nitrogens is 1. The number of ether oxygens (including phenoxy) is 1. The molecule has 2 rings (SSSR count). The van der Waals surface area contributed by atoms with E-state index >= 15 is 0 Å². The van der Waals surface area contributed by atoms with Crippen LogP contribution in [0, 0.1) is 6.92 Å². The summed E-state index contributed by atoms with van der Waals surface area (Å²) in [5.41, 5.74) is 1.06. The number of halogens is 1. The lowest BCUT2D eigenvalue weighted by Gasteiger charge is -2.27. The fourth-order valence-electron chi connectivity index (χ4n) is 2.35. The van der Waals surface area contributed by atoms with Gasteiger partial charge >= 0.3 is 5.97 Å². The van der Waals surface area contributed by atoms with Gasteiger partial charge in [-0.15, -0.1) is 0 Å². The van der Waals surface area contributed by atoms with Crippen LogP contribution in [0.2, 0.25) is 0 Å². The van der Waals surface area contributed by atoms with Crippen molar-refractivity contribution in [1.82, 2.24) is 10.1 Å². The monoisotopic (exact) mass is 424 g/mol. The van der Waals surface area contributed by atoms with Gasteiger partial charge in [-0.3, -0.25) is 9.59 Å². The number of aryl methyl sites for hydroxylation is 1. The zero-order chi connectivity index (χ0) is 19.3. The highest BCUT2D eigenvalue weighted by Crippen LogP contribution is 2.27. The van der Waals surface area contributed by atoms with E-state index in [1.807, 2.05) is 13.8 Å². The molecule has 0 fully saturated rings. The van der Waals surface area contributed by atoms with Gasteiger partial charge < -0.3 is 19.3 Å². The average Bonchev–Trinajstić information content (AvgIpc) is 3.02. The fourth-order valence-corrected chi connectivity index (χ4v) is 2.84. The van der Waals surface area contributed by atoms with Crippen molar-refractivity contribution in [1.29, 1.82) is 0 Å². The number of carbonyl (C=O) groups is 2. The number of carbonyl (C=O) groups excluding carboxylic acids is 1. The number of amides is 1. The Bertz CT molecular complexity index is 790. The van der Waals surface area contributed by atoms with E-state index in [2.05, 4.69) is 21.1 Å². The second kappa shape index (κ2) is 8.84. The molecule has 0 bridgehead atoms. The predicted molar refractivity (Wildman–Crippen MR) is 98.1 cm³/mol. The van der Waals surface area contributed by atoms with Crippen LogP contribution in [-0.4, -0.2) is 39.6 Å². The lowest BCUT2D eigenvalue weighted by Crippen LogP contribution is -2.41. The molecule has 1 heterocycles. The van der Waals surface area contributed by atoms with Crippen LogP contribution in [-0.2, 0) is 11.4 Å². The standard InChI is InChI=1S/C18H21BrN2O5/c1-4-11(2)21(9-17(22)23)18(24)13-5-6-16(15(19)8-13)25-10-14-7-12(3)26-20-14/h5-8,11H,4,9-10H2,1-3H3,(H,22,23). The van der Waals surface area contributed by atoms with E-state index in [1.54, 1.807) is 31.2 Å². The third-order valence-corrected chi connectivity index (χ3v) is 4.54. The number of carboxylic acid groups (broad SMARTS) is 1. The molecule has 0 saturated heterocycles. The molecule has 0 saturated carbocycles. The van der Waals surface area contributed by atoms with Crippen LogP contribution < -0.4 is 4.74 Å². The summed E-state index contributed by atoms with van der Waals surface area (Å²) in [4.78, 5) is 25.1. The van der Waals surface area contributed by atoms with Gasteiger partial charge in [0.05, 0.1) is 4.47 Å². The molecular formula is C18H21BrN2O5. The molecule has 1 atom stereocenters. The first kappa shape index (κ1) is 20.0. The molecule has 8 heteroatoms. The predicted octanol–water partition coefficient (Wildman–Crippen LogP) is 3.65. The van der Waals surface area contributed by atoms with E-state index in [0.717, 1.165) is 0 Å². The average molecular weight is 425 g/mol. The van der Waals surface area contributed by atoms with E-state index in [4.69, 9.17) is 14.4 Å². The summed E-state index contributed by atoms with van der Waals surface area (Å²) in [5, 5.41) is 12.9. The van der Waals surface area contributed by atoms with Crippen molar-refractivity contribution in [3.63, 3.8) is 0 Å². The van der Waals surface area contributed by atoms with Gasteiger partial charge in [-0.05, 0) is 54.4 Å². The molecule has 2 aromatic rings. The highest BCUT2D eigenvalue weighted by Gasteiger charge is 2.23. The number of rotatable bonds is 8. The van der Waals surface area contributed by atoms with Crippen molar-refractivity contribution < 1.29 is 24.0 Å². The third kappa shape index (κ3) is 5.08. The van der Waals surface area contributed by atoms with Gasteiger partial charge in [-0.25, -0.2) is 0 Å². The number of aliphatic carboxylic acids is 1. The summed E-state index contributed by atoms with van der Waals surface area (Å²) in [5.74, 6) is -0.121. The summed E-state index contributed by atoms with van der Waals surface area (Å²) >= 11 is 3.39. The molecule has 0 aliphatic rings. The molecule has 0 aliphatic heterocycles. The molecular weight excluding hydrogens is 404 g/mol. The minimum Gasteiger partial charge on any atom is -0.486 e. The molecule has 1 amide bonds. The van der Waals surface area contributed by atoms with Gasteiger partial charge in [0.25, 0.3) is 5.91 Å². The normalized spacial score (nSPS) is 11.8. The number of carboxylic acids is 1. The van der Waals surface area contributed by atoms with E-state index in [0.29, 0.717) is 33.7 Å². The zero-order valence-corrected chi connectivity index (χ0v) is 16.4. The smallest absolute Gasteiger partial charge is 0.323 e. The Morgan fingerprint density at radius 3 is 2.65 bits per heavy atom. The molecule has 1 unspecified atom stereocenters. The van der Waals surface area contributed by atoms with Gasteiger partial charge in [-0.2, -0.15) is 0 Å². The Balaban J connectivity index is 2.13. The first-order valence-electron chi connectivity index (χ1n) is 8.19. The van der Waals surface area contributed by atoms with Crippen LogP contribution in [0.4, 0.5) is 0 Å². The molecule has 0 spiro atoms. The molecule has 1 N–H and O–H groups in total. The highest BCUT2D eigenvalue weighted by atomic mass is 79.9. The lowest BCUT2D eigenvalue weighted by molar-refractivity contribution is -0.138. The third-order valence-electron chi connectivity index (χ3n) is 3.92. The first-order valence-corrected chi connectivity index (χ1v) is 8.98. The van der Waals surface area contributed by atoms with Crippen molar-refractivity contribution in [2.75, 3.05) is 6.54 Å². The number of hydrogen-bond acceptors (Lipinski definition) is 5. The van der Waals surface area contributed by atoms with Gasteiger partial charge in [0, 0.05) is 17.7 Å². The lowest BCUT2D eigenvalue weighted by atomic mass is 10.1. The second-order valence-electron chi connectivity index (χ2n) is 5.95. The van der Waals surface area contributed by atoms with Crippen molar-refractivity contribution in [3.05, 3.63) is 45.8 Å². The number of hydrogen-bond donors (Lipinski definition) is 1.